The van der Waals surface area contributed by atoms with Gasteiger partial charge in [-0.25, -0.2) is 0 Å². The molecule has 0 rings (SSSR count). The van der Waals surface area contributed by atoms with E-state index in [1.807, 2.05) is 27.7 Å². The monoisotopic (exact) mass is 203 g/mol. The molecule has 0 fully saturated rings. The largest absolute Gasteiger partial charge is 0.388 e. The summed E-state index contributed by atoms with van der Waals surface area (Å²) in [5, 5.41) is 9.90. The lowest BCUT2D eigenvalue weighted by atomic mass is 9.93. The van der Waals surface area contributed by atoms with E-state index in [0.29, 0.717) is 13.2 Å². The molecule has 0 aliphatic heterocycles. The summed E-state index contributed by atoms with van der Waals surface area (Å²) < 4.78 is 5.44. The quantitative estimate of drug-likeness (QED) is 0.688. The lowest BCUT2D eigenvalue weighted by molar-refractivity contribution is -0.0710. The third kappa shape index (κ3) is 4.94. The second-order valence-corrected chi connectivity index (χ2v) is 5.01. The number of aliphatic hydroxyl groups is 1. The Hall–Kier alpha value is -0.120. The van der Waals surface area contributed by atoms with Gasteiger partial charge >= 0.3 is 0 Å². The van der Waals surface area contributed by atoms with Gasteiger partial charge in [-0.3, -0.25) is 0 Å². The average molecular weight is 203 g/mol. The zero-order valence-electron chi connectivity index (χ0n) is 10.1. The van der Waals surface area contributed by atoms with Crippen LogP contribution < -0.4 is 5.73 Å². The summed E-state index contributed by atoms with van der Waals surface area (Å²) in [7, 11) is 0. The molecule has 86 valence electrons. The molecule has 0 aromatic heterocycles. The first-order valence-electron chi connectivity index (χ1n) is 5.30. The molecular formula is C11H25NO2. The van der Waals surface area contributed by atoms with Crippen molar-refractivity contribution in [2.75, 3.05) is 13.2 Å². The number of rotatable bonds is 6. The van der Waals surface area contributed by atoms with Crippen LogP contribution >= 0.6 is 0 Å². The molecular weight excluding hydrogens is 178 g/mol. The van der Waals surface area contributed by atoms with E-state index in [9.17, 15) is 5.11 Å². The SMILES string of the molecule is CCC(C)(N)COCC(C)(O)C(C)C. The van der Waals surface area contributed by atoms with Gasteiger partial charge in [0.05, 0.1) is 18.8 Å². The fourth-order valence-electron chi connectivity index (χ4n) is 0.760. The van der Waals surface area contributed by atoms with Crippen molar-refractivity contribution in [3.63, 3.8) is 0 Å². The van der Waals surface area contributed by atoms with Crippen LogP contribution in [0.5, 0.6) is 0 Å². The van der Waals surface area contributed by atoms with E-state index in [4.69, 9.17) is 10.5 Å². The first-order chi connectivity index (χ1) is 6.21. The third-order valence-corrected chi connectivity index (χ3v) is 2.88. The van der Waals surface area contributed by atoms with Gasteiger partial charge in [-0.1, -0.05) is 20.8 Å². The Morgan fingerprint density at radius 2 is 1.79 bits per heavy atom. The normalized spacial score (nSPS) is 20.6. The summed E-state index contributed by atoms with van der Waals surface area (Å²) in [6.07, 6.45) is 0.872. The van der Waals surface area contributed by atoms with E-state index < -0.39 is 5.60 Å². The minimum absolute atomic E-state index is 0.188. The second-order valence-electron chi connectivity index (χ2n) is 5.01. The van der Waals surface area contributed by atoms with E-state index in [2.05, 4.69) is 0 Å². The zero-order valence-corrected chi connectivity index (χ0v) is 10.1. The van der Waals surface area contributed by atoms with Crippen LogP contribution in [0.4, 0.5) is 0 Å². The standard InChI is InChI=1S/C11H25NO2/c1-6-10(4,12)7-14-8-11(5,13)9(2)3/h9,13H,6-8,12H2,1-5H3. The first kappa shape index (κ1) is 13.9. The number of hydrogen-bond donors (Lipinski definition) is 2. The van der Waals surface area contributed by atoms with Gasteiger partial charge < -0.3 is 15.6 Å². The molecule has 0 saturated heterocycles. The molecule has 0 heterocycles. The molecule has 3 N–H and O–H groups in total. The van der Waals surface area contributed by atoms with Gasteiger partial charge in [-0.2, -0.15) is 0 Å². The van der Waals surface area contributed by atoms with Crippen LogP contribution in [0.3, 0.4) is 0 Å². The van der Waals surface area contributed by atoms with Crippen molar-refractivity contribution in [1.29, 1.82) is 0 Å². The van der Waals surface area contributed by atoms with Crippen LogP contribution in [0, 0.1) is 5.92 Å². The van der Waals surface area contributed by atoms with Gasteiger partial charge in [0.15, 0.2) is 0 Å². The molecule has 0 bridgehead atoms. The molecule has 2 atom stereocenters. The Morgan fingerprint density at radius 1 is 1.29 bits per heavy atom. The molecule has 0 spiro atoms. The topological polar surface area (TPSA) is 55.5 Å². The van der Waals surface area contributed by atoms with Crippen LogP contribution in [0.2, 0.25) is 0 Å². The highest BCUT2D eigenvalue weighted by Gasteiger charge is 2.26. The van der Waals surface area contributed by atoms with Gasteiger partial charge in [-0.15, -0.1) is 0 Å². The summed E-state index contributed by atoms with van der Waals surface area (Å²) in [5.41, 5.74) is 4.87. The number of nitrogens with two attached hydrogens (primary N) is 1. The van der Waals surface area contributed by atoms with Gasteiger partial charge in [0.1, 0.15) is 0 Å². The summed E-state index contributed by atoms with van der Waals surface area (Å²) in [4.78, 5) is 0. The molecule has 3 heteroatoms. The Labute approximate surface area is 87.6 Å². The summed E-state index contributed by atoms with van der Waals surface area (Å²) in [5.74, 6) is 0.188. The van der Waals surface area contributed by atoms with Crippen LogP contribution in [-0.4, -0.2) is 29.5 Å². The first-order valence-corrected chi connectivity index (χ1v) is 5.30. The van der Waals surface area contributed by atoms with Crippen molar-refractivity contribution in [3.05, 3.63) is 0 Å². The second kappa shape index (κ2) is 5.10. The summed E-state index contributed by atoms with van der Waals surface area (Å²) in [6, 6.07) is 0. The Balaban J connectivity index is 3.85. The van der Waals surface area contributed by atoms with Crippen molar-refractivity contribution in [1.82, 2.24) is 0 Å². The summed E-state index contributed by atoms with van der Waals surface area (Å²) >= 11 is 0. The predicted octanol–water partition coefficient (Wildman–Crippen LogP) is 1.54. The molecule has 0 aliphatic carbocycles. The van der Waals surface area contributed by atoms with Crippen molar-refractivity contribution in [2.45, 2.75) is 52.2 Å². The Morgan fingerprint density at radius 3 is 2.14 bits per heavy atom. The van der Waals surface area contributed by atoms with Crippen molar-refractivity contribution < 1.29 is 9.84 Å². The van der Waals surface area contributed by atoms with Gasteiger partial charge in [0, 0.05) is 5.54 Å². The lowest BCUT2D eigenvalue weighted by Crippen LogP contribution is -2.43. The van der Waals surface area contributed by atoms with Crippen LogP contribution in [0.15, 0.2) is 0 Å². The molecule has 3 nitrogen and oxygen atoms in total. The maximum Gasteiger partial charge on any atom is 0.0874 e. The van der Waals surface area contributed by atoms with Crippen molar-refractivity contribution >= 4 is 0 Å². The van der Waals surface area contributed by atoms with Gasteiger partial charge in [0.25, 0.3) is 0 Å². The van der Waals surface area contributed by atoms with E-state index in [-0.39, 0.29) is 11.5 Å². The maximum absolute atomic E-state index is 9.90. The molecule has 0 saturated carbocycles. The maximum atomic E-state index is 9.90. The highest BCUT2D eigenvalue weighted by molar-refractivity contribution is 4.79. The van der Waals surface area contributed by atoms with E-state index in [1.54, 1.807) is 6.92 Å². The Kier molecular flexibility index (Phi) is 5.06. The van der Waals surface area contributed by atoms with E-state index in [1.165, 1.54) is 0 Å². The van der Waals surface area contributed by atoms with E-state index >= 15 is 0 Å². The van der Waals surface area contributed by atoms with Gasteiger partial charge in [0.2, 0.25) is 0 Å². The highest BCUT2D eigenvalue weighted by Crippen LogP contribution is 2.17. The van der Waals surface area contributed by atoms with Crippen LogP contribution in [0.25, 0.3) is 0 Å². The minimum Gasteiger partial charge on any atom is -0.388 e. The van der Waals surface area contributed by atoms with Crippen molar-refractivity contribution in [2.24, 2.45) is 11.7 Å². The number of hydrogen-bond acceptors (Lipinski definition) is 3. The lowest BCUT2D eigenvalue weighted by Gasteiger charge is -2.30. The van der Waals surface area contributed by atoms with Crippen LogP contribution in [-0.2, 0) is 4.74 Å². The number of ether oxygens (including phenoxy) is 1. The van der Waals surface area contributed by atoms with Crippen LogP contribution in [0.1, 0.15) is 41.0 Å². The minimum atomic E-state index is -0.760. The third-order valence-electron chi connectivity index (χ3n) is 2.88. The molecule has 0 radical (unpaired) electrons. The fourth-order valence-corrected chi connectivity index (χ4v) is 0.760. The molecule has 0 amide bonds. The zero-order chi connectivity index (χ0) is 11.4. The van der Waals surface area contributed by atoms with Crippen molar-refractivity contribution in [3.8, 4) is 0 Å². The average Bonchev–Trinajstić information content (AvgIpc) is 2.03. The fraction of sp³-hybridized carbons (Fsp3) is 1.00. The smallest absolute Gasteiger partial charge is 0.0874 e. The molecule has 2 unspecified atom stereocenters. The summed E-state index contributed by atoms with van der Waals surface area (Å²) in [6.45, 7) is 10.6. The van der Waals surface area contributed by atoms with E-state index in [0.717, 1.165) is 6.42 Å². The van der Waals surface area contributed by atoms with Gasteiger partial charge in [-0.05, 0) is 26.2 Å². The highest BCUT2D eigenvalue weighted by atomic mass is 16.5. The Bertz CT molecular complexity index is 165. The molecule has 14 heavy (non-hydrogen) atoms. The molecule has 0 aliphatic rings. The predicted molar refractivity (Wildman–Crippen MR) is 59.2 cm³/mol. The molecule has 0 aromatic rings. The molecule has 0 aromatic carbocycles.